The van der Waals surface area contributed by atoms with Gasteiger partial charge in [0.05, 0.1) is 12.0 Å². The maximum absolute atomic E-state index is 11.8. The zero-order valence-electron chi connectivity index (χ0n) is 11.5. The average molecular weight is 242 g/mol. The van der Waals surface area contributed by atoms with E-state index in [9.17, 15) is 4.79 Å². The molecule has 0 aromatic carbocycles. The molecule has 0 bridgehead atoms. The molecule has 0 spiro atoms. The van der Waals surface area contributed by atoms with Gasteiger partial charge in [-0.05, 0) is 45.2 Å². The van der Waals surface area contributed by atoms with Crippen molar-refractivity contribution in [2.45, 2.75) is 39.2 Å². The molecule has 2 atom stereocenters. The van der Waals surface area contributed by atoms with Crippen LogP contribution in [0.1, 0.15) is 33.6 Å². The van der Waals surface area contributed by atoms with Crippen molar-refractivity contribution >= 4 is 5.91 Å². The van der Waals surface area contributed by atoms with Crippen LogP contribution in [-0.2, 0) is 9.53 Å². The van der Waals surface area contributed by atoms with Gasteiger partial charge in [-0.15, -0.1) is 0 Å². The van der Waals surface area contributed by atoms with Crippen molar-refractivity contribution in [3.63, 3.8) is 0 Å². The first-order valence-electron chi connectivity index (χ1n) is 6.47. The number of piperidine rings is 1. The van der Waals surface area contributed by atoms with Crippen LogP contribution >= 0.6 is 0 Å². The van der Waals surface area contributed by atoms with E-state index in [0.717, 1.165) is 19.6 Å². The van der Waals surface area contributed by atoms with E-state index in [-0.39, 0.29) is 11.5 Å². The van der Waals surface area contributed by atoms with Gasteiger partial charge in [0.15, 0.2) is 0 Å². The van der Waals surface area contributed by atoms with E-state index >= 15 is 0 Å². The molecule has 1 rings (SSSR count). The van der Waals surface area contributed by atoms with E-state index in [1.807, 2.05) is 13.8 Å². The van der Waals surface area contributed by atoms with Crippen LogP contribution in [0.3, 0.4) is 0 Å². The number of hydrogen-bond donors (Lipinski definition) is 2. The second-order valence-corrected chi connectivity index (χ2v) is 5.67. The molecule has 1 saturated heterocycles. The highest BCUT2D eigenvalue weighted by Crippen LogP contribution is 2.18. The average Bonchev–Trinajstić information content (AvgIpc) is 2.27. The number of nitrogens with one attached hydrogen (secondary N) is 2. The predicted octanol–water partition coefficient (Wildman–Crippen LogP) is 1.16. The van der Waals surface area contributed by atoms with E-state index in [0.29, 0.717) is 18.3 Å². The number of carbonyl (C=O) groups is 1. The minimum atomic E-state index is -0.374. The second-order valence-electron chi connectivity index (χ2n) is 5.67. The van der Waals surface area contributed by atoms with Crippen LogP contribution in [0.25, 0.3) is 0 Å². The molecule has 1 aliphatic heterocycles. The molecule has 2 unspecified atom stereocenters. The Bertz CT molecular complexity index is 254. The van der Waals surface area contributed by atoms with Gasteiger partial charge in [0.1, 0.15) is 0 Å². The van der Waals surface area contributed by atoms with Crippen LogP contribution in [0.2, 0.25) is 0 Å². The van der Waals surface area contributed by atoms with E-state index in [2.05, 4.69) is 17.6 Å². The summed E-state index contributed by atoms with van der Waals surface area (Å²) < 4.78 is 5.25. The Labute approximate surface area is 104 Å². The zero-order chi connectivity index (χ0) is 12.9. The number of hydrogen-bond acceptors (Lipinski definition) is 3. The molecular formula is C13H26N2O2. The van der Waals surface area contributed by atoms with Crippen molar-refractivity contribution < 1.29 is 9.53 Å². The summed E-state index contributed by atoms with van der Waals surface area (Å²) in [4.78, 5) is 11.8. The Kier molecular flexibility index (Phi) is 5.40. The maximum Gasteiger partial charge on any atom is 0.222 e. The number of ether oxygens (including phenoxy) is 1. The molecule has 1 aliphatic rings. The normalized spacial score (nSPS) is 25.6. The Morgan fingerprint density at radius 2 is 2.24 bits per heavy atom. The Balaban J connectivity index is 2.27. The van der Waals surface area contributed by atoms with Gasteiger partial charge in [-0.2, -0.15) is 0 Å². The minimum absolute atomic E-state index is 0.0784. The standard InChI is InChI=1S/C13H26N2O2/c1-10-5-6-14-8-11(10)9-15-12(16)7-13(2,3)17-4/h10-11,14H,5-9H2,1-4H3,(H,15,16). The lowest BCUT2D eigenvalue weighted by Crippen LogP contribution is -2.43. The second kappa shape index (κ2) is 6.36. The molecule has 100 valence electrons. The van der Waals surface area contributed by atoms with Gasteiger partial charge in [0.2, 0.25) is 5.91 Å². The van der Waals surface area contributed by atoms with E-state index in [1.54, 1.807) is 7.11 Å². The molecule has 1 amide bonds. The van der Waals surface area contributed by atoms with Crippen molar-refractivity contribution in [3.05, 3.63) is 0 Å². The number of methoxy groups -OCH3 is 1. The summed E-state index contributed by atoms with van der Waals surface area (Å²) in [6.07, 6.45) is 1.61. The minimum Gasteiger partial charge on any atom is -0.378 e. The van der Waals surface area contributed by atoms with Crippen molar-refractivity contribution in [2.24, 2.45) is 11.8 Å². The van der Waals surface area contributed by atoms with E-state index in [4.69, 9.17) is 4.74 Å². The van der Waals surface area contributed by atoms with Gasteiger partial charge in [-0.1, -0.05) is 6.92 Å². The third-order valence-electron chi connectivity index (χ3n) is 3.69. The maximum atomic E-state index is 11.8. The molecule has 17 heavy (non-hydrogen) atoms. The van der Waals surface area contributed by atoms with Crippen molar-refractivity contribution in [1.82, 2.24) is 10.6 Å². The van der Waals surface area contributed by atoms with Crippen molar-refractivity contribution in [3.8, 4) is 0 Å². The highest BCUT2D eigenvalue weighted by Gasteiger charge is 2.24. The molecular weight excluding hydrogens is 216 g/mol. The van der Waals surface area contributed by atoms with Gasteiger partial charge in [0, 0.05) is 13.7 Å². The molecule has 0 aliphatic carbocycles. The molecule has 0 aromatic heterocycles. The summed E-state index contributed by atoms with van der Waals surface area (Å²) in [5.74, 6) is 1.32. The fourth-order valence-corrected chi connectivity index (χ4v) is 2.09. The fraction of sp³-hybridized carbons (Fsp3) is 0.923. The monoisotopic (exact) mass is 242 g/mol. The quantitative estimate of drug-likeness (QED) is 0.761. The molecule has 4 heteroatoms. The van der Waals surface area contributed by atoms with Crippen LogP contribution < -0.4 is 10.6 Å². The molecule has 1 heterocycles. The van der Waals surface area contributed by atoms with Crippen molar-refractivity contribution in [1.29, 1.82) is 0 Å². The third-order valence-corrected chi connectivity index (χ3v) is 3.69. The first-order chi connectivity index (χ1) is 7.94. The molecule has 0 saturated carbocycles. The SMILES string of the molecule is COC(C)(C)CC(=O)NCC1CNCCC1C. The summed E-state index contributed by atoms with van der Waals surface area (Å²) in [7, 11) is 1.64. The van der Waals surface area contributed by atoms with Gasteiger partial charge in [-0.3, -0.25) is 4.79 Å². The molecule has 0 aromatic rings. The number of carbonyl (C=O) groups excluding carboxylic acids is 1. The largest absolute Gasteiger partial charge is 0.378 e. The van der Waals surface area contributed by atoms with E-state index < -0.39 is 0 Å². The summed E-state index contributed by atoms with van der Waals surface area (Å²) in [6.45, 7) is 9.00. The highest BCUT2D eigenvalue weighted by atomic mass is 16.5. The Morgan fingerprint density at radius 3 is 2.82 bits per heavy atom. The lowest BCUT2D eigenvalue weighted by atomic mass is 9.88. The molecule has 2 N–H and O–H groups in total. The van der Waals surface area contributed by atoms with Gasteiger partial charge >= 0.3 is 0 Å². The van der Waals surface area contributed by atoms with Crippen LogP contribution in [0, 0.1) is 11.8 Å². The first-order valence-corrected chi connectivity index (χ1v) is 6.47. The van der Waals surface area contributed by atoms with Crippen molar-refractivity contribution in [2.75, 3.05) is 26.7 Å². The topological polar surface area (TPSA) is 50.4 Å². The van der Waals surface area contributed by atoms with E-state index in [1.165, 1.54) is 6.42 Å². The van der Waals surface area contributed by atoms with Crippen LogP contribution in [-0.4, -0.2) is 38.3 Å². The summed E-state index contributed by atoms with van der Waals surface area (Å²) in [5.41, 5.74) is -0.374. The number of amides is 1. The van der Waals surface area contributed by atoms with Crippen LogP contribution in [0.4, 0.5) is 0 Å². The summed E-state index contributed by atoms with van der Waals surface area (Å²) in [6, 6.07) is 0. The van der Waals surface area contributed by atoms with Gasteiger partial charge < -0.3 is 15.4 Å². The molecule has 0 radical (unpaired) electrons. The lowest BCUT2D eigenvalue weighted by molar-refractivity contribution is -0.126. The van der Waals surface area contributed by atoms with Crippen LogP contribution in [0.5, 0.6) is 0 Å². The zero-order valence-corrected chi connectivity index (χ0v) is 11.5. The van der Waals surface area contributed by atoms with Gasteiger partial charge in [0.25, 0.3) is 0 Å². The molecule has 4 nitrogen and oxygen atoms in total. The molecule has 1 fully saturated rings. The summed E-state index contributed by atoms with van der Waals surface area (Å²) in [5, 5.41) is 6.39. The predicted molar refractivity (Wildman–Crippen MR) is 68.9 cm³/mol. The summed E-state index contributed by atoms with van der Waals surface area (Å²) >= 11 is 0. The smallest absolute Gasteiger partial charge is 0.222 e. The highest BCUT2D eigenvalue weighted by molar-refractivity contribution is 5.76. The Hall–Kier alpha value is -0.610. The van der Waals surface area contributed by atoms with Crippen LogP contribution in [0.15, 0.2) is 0 Å². The first kappa shape index (κ1) is 14.5. The Morgan fingerprint density at radius 1 is 1.53 bits per heavy atom. The lowest BCUT2D eigenvalue weighted by Gasteiger charge is -2.30. The fourth-order valence-electron chi connectivity index (χ4n) is 2.09. The third kappa shape index (κ3) is 5.04. The number of rotatable bonds is 5. The van der Waals surface area contributed by atoms with Gasteiger partial charge in [-0.25, -0.2) is 0 Å².